The fraction of sp³-hybridized carbons (Fsp3) is 0.571. The van der Waals surface area contributed by atoms with Crippen molar-refractivity contribution in [2.45, 2.75) is 44.1 Å². The summed E-state index contributed by atoms with van der Waals surface area (Å²) in [6.45, 7) is 0. The van der Waals surface area contributed by atoms with Crippen LogP contribution >= 0.6 is 0 Å². The van der Waals surface area contributed by atoms with E-state index in [0.717, 1.165) is 32.1 Å². The second-order valence-corrected chi connectivity index (χ2v) is 9.27. The van der Waals surface area contributed by atoms with E-state index in [1.165, 1.54) is 6.33 Å². The fourth-order valence-corrected chi connectivity index (χ4v) is 6.46. The molecule has 10 heteroatoms. The van der Waals surface area contributed by atoms with Gasteiger partial charge in [0.2, 0.25) is 12.2 Å². The maximum atomic E-state index is 13.6. The summed E-state index contributed by atoms with van der Waals surface area (Å²) in [4.78, 5) is 28.0. The Morgan fingerprint density at radius 2 is 1.81 bits per heavy atom. The highest BCUT2D eigenvalue weighted by molar-refractivity contribution is 5.96. The monoisotopic (exact) mass is 427 g/mol. The Bertz CT molecular complexity index is 1010. The van der Waals surface area contributed by atoms with Crippen LogP contribution in [0.25, 0.3) is 0 Å². The van der Waals surface area contributed by atoms with Crippen LogP contribution in [0.2, 0.25) is 0 Å². The third-order valence-electron chi connectivity index (χ3n) is 7.25. The van der Waals surface area contributed by atoms with Gasteiger partial charge in [-0.2, -0.15) is 4.68 Å². The lowest BCUT2D eigenvalue weighted by atomic mass is 9.46. The van der Waals surface area contributed by atoms with E-state index in [4.69, 9.17) is 9.47 Å². The highest BCUT2D eigenvalue weighted by Gasteiger charge is 2.62. The van der Waals surface area contributed by atoms with Gasteiger partial charge in [0.25, 0.3) is 0 Å². The summed E-state index contributed by atoms with van der Waals surface area (Å²) < 4.78 is 12.3. The van der Waals surface area contributed by atoms with E-state index in [2.05, 4.69) is 15.4 Å². The second-order valence-electron chi connectivity index (χ2n) is 9.27. The Kier molecular flexibility index (Phi) is 4.42. The number of anilines is 1. The number of carbonyl (C=O) groups is 1. The van der Waals surface area contributed by atoms with Gasteiger partial charge in [-0.05, 0) is 55.3 Å². The maximum absolute atomic E-state index is 13.6. The molecule has 6 rings (SSSR count). The topological polar surface area (TPSA) is 121 Å². The number of nitrogens with zero attached hydrogens (tertiary/aromatic N) is 4. The number of hydrogen-bond donors (Lipinski definition) is 1. The van der Waals surface area contributed by atoms with E-state index < -0.39 is 21.8 Å². The first-order valence-corrected chi connectivity index (χ1v) is 10.5. The molecule has 2 unspecified atom stereocenters. The quantitative estimate of drug-likeness (QED) is 0.555. The van der Waals surface area contributed by atoms with Gasteiger partial charge in [-0.25, -0.2) is 0 Å². The van der Waals surface area contributed by atoms with E-state index in [1.807, 2.05) is 0 Å². The molecule has 0 radical (unpaired) electrons. The van der Waals surface area contributed by atoms with Gasteiger partial charge in [0.15, 0.2) is 0 Å². The normalized spacial score (nSPS) is 30.8. The molecule has 1 heterocycles. The molecule has 1 amide bonds. The number of benzene rings is 1. The Hall–Kier alpha value is -3.17. The van der Waals surface area contributed by atoms with Crippen LogP contribution in [0.3, 0.4) is 0 Å². The zero-order valence-corrected chi connectivity index (χ0v) is 17.5. The van der Waals surface area contributed by atoms with Crippen molar-refractivity contribution in [3.8, 4) is 11.5 Å². The maximum Gasteiger partial charge on any atom is 0.490 e. The molecule has 4 saturated carbocycles. The molecule has 10 nitrogen and oxygen atoms in total. The minimum absolute atomic E-state index is 0.0177. The van der Waals surface area contributed by atoms with Gasteiger partial charge in [-0.1, -0.05) is 4.98 Å². The molecule has 4 bridgehead atoms. The minimum atomic E-state index is -0.574. The highest BCUT2D eigenvalue weighted by Crippen LogP contribution is 2.64. The van der Waals surface area contributed by atoms with Crippen LogP contribution in [-0.2, 0) is 10.3 Å². The molecule has 0 aliphatic heterocycles. The summed E-state index contributed by atoms with van der Waals surface area (Å²) in [6.07, 6.45) is 6.59. The molecule has 1 N–H and O–H groups in total. The van der Waals surface area contributed by atoms with Crippen LogP contribution in [0.4, 0.5) is 11.6 Å². The molecule has 1 aromatic heterocycles. The Morgan fingerprint density at radius 1 is 1.16 bits per heavy atom. The lowest BCUT2D eigenvalue weighted by Gasteiger charge is -2.60. The third kappa shape index (κ3) is 3.21. The van der Waals surface area contributed by atoms with E-state index in [9.17, 15) is 14.9 Å². The number of methoxy groups -OCH3 is 2. The van der Waals surface area contributed by atoms with Crippen molar-refractivity contribution in [1.82, 2.24) is 14.8 Å². The van der Waals surface area contributed by atoms with E-state index >= 15 is 0 Å². The van der Waals surface area contributed by atoms with Crippen molar-refractivity contribution in [2.24, 2.45) is 17.3 Å². The van der Waals surface area contributed by atoms with E-state index in [-0.39, 0.29) is 5.91 Å². The first-order chi connectivity index (χ1) is 14.8. The Labute approximate surface area is 179 Å². The van der Waals surface area contributed by atoms with Crippen molar-refractivity contribution in [3.63, 3.8) is 0 Å². The average molecular weight is 427 g/mol. The largest absolute Gasteiger partial charge is 0.497 e. The van der Waals surface area contributed by atoms with Gasteiger partial charge in [-0.3, -0.25) is 4.79 Å². The summed E-state index contributed by atoms with van der Waals surface area (Å²) in [5, 5.41) is 18.4. The minimum Gasteiger partial charge on any atom is -0.497 e. The predicted molar refractivity (Wildman–Crippen MR) is 110 cm³/mol. The molecule has 2 aromatic rings. The summed E-state index contributed by atoms with van der Waals surface area (Å²) in [7, 11) is 3.14. The number of aromatic nitrogens is 3. The molecule has 0 saturated heterocycles. The molecule has 164 valence electrons. The highest BCUT2D eigenvalue weighted by atomic mass is 16.6. The Balaban J connectivity index is 1.45. The zero-order chi connectivity index (χ0) is 21.8. The van der Waals surface area contributed by atoms with Crippen LogP contribution in [-0.4, -0.2) is 39.8 Å². The molecule has 31 heavy (non-hydrogen) atoms. The standard InChI is InChI=1S/C21H25N5O5/c1-30-16-4-15(5-17(6-16)31-2)23-18(27)20-7-13-3-14(8-20)10-21(9-13,11-20)25-12-22-19(24-25)26(28)29/h4-6,12-14H,3,7-11H2,1-2H3,(H,23,27)/t13-,14+,20?,21?. The first kappa shape index (κ1) is 19.8. The van der Waals surface area contributed by atoms with Gasteiger partial charge in [0.1, 0.15) is 11.5 Å². The molecule has 4 atom stereocenters. The third-order valence-corrected chi connectivity index (χ3v) is 7.25. The van der Waals surface area contributed by atoms with E-state index in [0.29, 0.717) is 35.4 Å². The summed E-state index contributed by atoms with van der Waals surface area (Å²) in [5.41, 5.74) is -0.294. The number of carbonyl (C=O) groups excluding carboxylic acids is 1. The van der Waals surface area contributed by atoms with Gasteiger partial charge < -0.3 is 24.9 Å². The van der Waals surface area contributed by atoms with Gasteiger partial charge >= 0.3 is 5.95 Å². The lowest BCUT2D eigenvalue weighted by Crippen LogP contribution is -2.60. The number of amides is 1. The van der Waals surface area contributed by atoms with Crippen LogP contribution < -0.4 is 14.8 Å². The van der Waals surface area contributed by atoms with Gasteiger partial charge in [0, 0.05) is 29.0 Å². The molecule has 4 aliphatic carbocycles. The van der Waals surface area contributed by atoms with Crippen molar-refractivity contribution >= 4 is 17.5 Å². The van der Waals surface area contributed by atoms with Crippen molar-refractivity contribution in [3.05, 3.63) is 34.6 Å². The molecule has 0 spiro atoms. The van der Waals surface area contributed by atoms with Crippen molar-refractivity contribution in [1.29, 1.82) is 0 Å². The van der Waals surface area contributed by atoms with Crippen LogP contribution in [0.1, 0.15) is 38.5 Å². The summed E-state index contributed by atoms with van der Waals surface area (Å²) in [5.74, 6) is 1.59. The lowest BCUT2D eigenvalue weighted by molar-refractivity contribution is -0.394. The first-order valence-electron chi connectivity index (χ1n) is 10.5. The van der Waals surface area contributed by atoms with Crippen LogP contribution in [0, 0.1) is 27.4 Å². The second kappa shape index (κ2) is 6.93. The molecule has 4 aliphatic rings. The molecule has 1 aromatic carbocycles. The fourth-order valence-electron chi connectivity index (χ4n) is 6.46. The SMILES string of the molecule is COc1cc(NC(=O)C23C[C@H]4C[C@@H](C2)CC(n2cnc([N+](=O)[O-])n2)(C4)C3)cc(OC)c1. The number of ether oxygens (including phenoxy) is 2. The number of nitro groups is 1. The average Bonchev–Trinajstić information content (AvgIpc) is 3.24. The smallest absolute Gasteiger partial charge is 0.490 e. The molecular formula is C21H25N5O5. The van der Waals surface area contributed by atoms with E-state index in [1.54, 1.807) is 37.1 Å². The van der Waals surface area contributed by atoms with Gasteiger partial charge in [-0.15, -0.1) is 0 Å². The van der Waals surface area contributed by atoms with Crippen LogP contribution in [0.5, 0.6) is 11.5 Å². The number of rotatable bonds is 6. The van der Waals surface area contributed by atoms with Crippen molar-refractivity contribution < 1.29 is 19.2 Å². The van der Waals surface area contributed by atoms with Crippen LogP contribution in [0.15, 0.2) is 24.5 Å². The molecule has 4 fully saturated rings. The predicted octanol–water partition coefficient (Wildman–Crippen LogP) is 3.14. The summed E-state index contributed by atoms with van der Waals surface area (Å²) >= 11 is 0. The Morgan fingerprint density at radius 3 is 2.35 bits per heavy atom. The van der Waals surface area contributed by atoms with Gasteiger partial charge in [0.05, 0.1) is 25.2 Å². The zero-order valence-electron chi connectivity index (χ0n) is 17.5. The number of hydrogen-bond acceptors (Lipinski definition) is 7. The number of nitrogens with one attached hydrogen (secondary N) is 1. The van der Waals surface area contributed by atoms with Crippen molar-refractivity contribution in [2.75, 3.05) is 19.5 Å². The summed E-state index contributed by atoms with van der Waals surface area (Å²) in [6, 6.07) is 5.31. The molecular weight excluding hydrogens is 402 g/mol.